The number of halogens is 1. The van der Waals surface area contributed by atoms with Gasteiger partial charge >= 0.3 is 0 Å². The van der Waals surface area contributed by atoms with Crippen LogP contribution in [0.3, 0.4) is 0 Å². The van der Waals surface area contributed by atoms with E-state index < -0.39 is 0 Å². The first-order chi connectivity index (χ1) is 15.1. The van der Waals surface area contributed by atoms with Crippen LogP contribution in [-0.2, 0) is 11.3 Å². The van der Waals surface area contributed by atoms with Gasteiger partial charge in [-0.15, -0.1) is 0 Å². The van der Waals surface area contributed by atoms with E-state index in [0.717, 1.165) is 5.56 Å². The van der Waals surface area contributed by atoms with Crippen molar-refractivity contribution in [3.8, 4) is 11.3 Å². The molecule has 0 saturated carbocycles. The van der Waals surface area contributed by atoms with Gasteiger partial charge < -0.3 is 14.6 Å². The lowest BCUT2D eigenvalue weighted by molar-refractivity contribution is -0.122. The zero-order valence-corrected chi connectivity index (χ0v) is 17.1. The van der Waals surface area contributed by atoms with E-state index in [2.05, 4.69) is 5.32 Å². The average molecular weight is 421 g/mol. The molecule has 160 valence electrons. The topological polar surface area (TPSA) is 65.8 Å². The van der Waals surface area contributed by atoms with Crippen LogP contribution in [0.5, 0.6) is 0 Å². The molecular formula is C24H24FN3O3. The Kier molecular flexibility index (Phi) is 6.43. The highest BCUT2D eigenvalue weighted by Gasteiger charge is 2.25. The Morgan fingerprint density at radius 1 is 0.903 bits per heavy atom. The maximum atomic E-state index is 13.1. The van der Waals surface area contributed by atoms with Gasteiger partial charge in [0, 0.05) is 38.3 Å². The highest BCUT2D eigenvalue weighted by Crippen LogP contribution is 2.23. The number of nitrogens with zero attached hydrogens (tertiary/aromatic N) is 2. The van der Waals surface area contributed by atoms with Crippen LogP contribution in [0.2, 0.25) is 0 Å². The molecule has 2 aromatic carbocycles. The maximum absolute atomic E-state index is 13.1. The molecule has 1 fully saturated rings. The van der Waals surface area contributed by atoms with Gasteiger partial charge in [-0.2, -0.15) is 0 Å². The van der Waals surface area contributed by atoms with Gasteiger partial charge in [0.25, 0.3) is 5.91 Å². The summed E-state index contributed by atoms with van der Waals surface area (Å²) in [6, 6.07) is 19.1. The van der Waals surface area contributed by atoms with Crippen molar-refractivity contribution < 1.29 is 18.4 Å². The third-order valence-corrected chi connectivity index (χ3v) is 5.30. The zero-order chi connectivity index (χ0) is 21.6. The number of carbonyl (C=O) groups is 2. The van der Waals surface area contributed by atoms with Gasteiger partial charge in [0.05, 0.1) is 6.54 Å². The second-order valence-corrected chi connectivity index (χ2v) is 7.50. The zero-order valence-electron chi connectivity index (χ0n) is 17.1. The summed E-state index contributed by atoms with van der Waals surface area (Å²) < 4.78 is 18.8. The molecule has 0 spiro atoms. The lowest BCUT2D eigenvalue weighted by Crippen LogP contribution is -2.51. The molecule has 0 radical (unpaired) electrons. The van der Waals surface area contributed by atoms with Crippen LogP contribution in [0, 0.1) is 5.82 Å². The highest BCUT2D eigenvalue weighted by molar-refractivity contribution is 5.92. The number of hydrogen-bond acceptors (Lipinski definition) is 4. The Bertz CT molecular complexity index is 1030. The first kappa shape index (κ1) is 20.8. The van der Waals surface area contributed by atoms with Crippen LogP contribution in [0.25, 0.3) is 11.3 Å². The van der Waals surface area contributed by atoms with E-state index in [0.29, 0.717) is 50.6 Å². The fraction of sp³-hybridized carbons (Fsp3) is 0.250. The van der Waals surface area contributed by atoms with E-state index >= 15 is 0 Å². The number of benzene rings is 2. The summed E-state index contributed by atoms with van der Waals surface area (Å²) in [5.41, 5.74) is 1.77. The molecule has 6 nitrogen and oxygen atoms in total. The SMILES string of the molecule is O=C(CN1CCN(C(=O)c2ccc(-c3ccc(F)cc3)o2)CC1)NCc1ccccc1. The Morgan fingerprint density at radius 3 is 2.32 bits per heavy atom. The van der Waals surface area contributed by atoms with E-state index in [4.69, 9.17) is 4.42 Å². The largest absolute Gasteiger partial charge is 0.451 e. The Hall–Kier alpha value is -3.45. The summed E-state index contributed by atoms with van der Waals surface area (Å²) in [5, 5.41) is 2.93. The lowest BCUT2D eigenvalue weighted by Gasteiger charge is -2.33. The van der Waals surface area contributed by atoms with Crippen molar-refractivity contribution in [3.05, 3.63) is 83.9 Å². The summed E-state index contributed by atoms with van der Waals surface area (Å²) in [6.45, 7) is 3.11. The molecule has 2 heterocycles. The summed E-state index contributed by atoms with van der Waals surface area (Å²) in [5.74, 6) is 0.254. The van der Waals surface area contributed by atoms with E-state index in [9.17, 15) is 14.0 Å². The summed E-state index contributed by atoms with van der Waals surface area (Å²) in [7, 11) is 0. The van der Waals surface area contributed by atoms with E-state index in [-0.39, 0.29) is 23.4 Å². The third-order valence-electron chi connectivity index (χ3n) is 5.30. The fourth-order valence-electron chi connectivity index (χ4n) is 3.54. The molecule has 31 heavy (non-hydrogen) atoms. The molecule has 1 saturated heterocycles. The second-order valence-electron chi connectivity index (χ2n) is 7.50. The van der Waals surface area contributed by atoms with E-state index in [1.807, 2.05) is 35.2 Å². The molecule has 2 amide bonds. The van der Waals surface area contributed by atoms with Crippen molar-refractivity contribution in [2.24, 2.45) is 0 Å². The Balaban J connectivity index is 1.25. The van der Waals surface area contributed by atoms with Crippen molar-refractivity contribution in [3.63, 3.8) is 0 Å². The minimum absolute atomic E-state index is 0.0291. The van der Waals surface area contributed by atoms with Crippen LogP contribution < -0.4 is 5.32 Å². The molecule has 0 aliphatic carbocycles. The number of nitrogens with one attached hydrogen (secondary N) is 1. The molecule has 1 aromatic heterocycles. The molecule has 4 rings (SSSR count). The van der Waals surface area contributed by atoms with Crippen LogP contribution in [0.15, 0.2) is 71.1 Å². The molecule has 1 aliphatic heterocycles. The minimum Gasteiger partial charge on any atom is -0.451 e. The van der Waals surface area contributed by atoms with Gasteiger partial charge in [-0.1, -0.05) is 30.3 Å². The number of rotatable bonds is 6. The summed E-state index contributed by atoms with van der Waals surface area (Å²) in [6.07, 6.45) is 0. The molecule has 7 heteroatoms. The van der Waals surface area contributed by atoms with E-state index in [1.54, 1.807) is 29.2 Å². The van der Waals surface area contributed by atoms with Crippen LogP contribution >= 0.6 is 0 Å². The van der Waals surface area contributed by atoms with Gasteiger partial charge in [0.1, 0.15) is 11.6 Å². The van der Waals surface area contributed by atoms with Crippen LogP contribution in [0.4, 0.5) is 4.39 Å². The molecular weight excluding hydrogens is 397 g/mol. The van der Waals surface area contributed by atoms with Gasteiger partial charge in [-0.3, -0.25) is 14.5 Å². The van der Waals surface area contributed by atoms with Gasteiger partial charge in [0.15, 0.2) is 5.76 Å². The molecule has 1 aliphatic rings. The van der Waals surface area contributed by atoms with Crippen molar-refractivity contribution in [1.29, 1.82) is 0 Å². The van der Waals surface area contributed by atoms with E-state index in [1.165, 1.54) is 12.1 Å². The molecule has 3 aromatic rings. The van der Waals surface area contributed by atoms with Crippen LogP contribution in [-0.4, -0.2) is 54.3 Å². The van der Waals surface area contributed by atoms with Crippen molar-refractivity contribution >= 4 is 11.8 Å². The highest BCUT2D eigenvalue weighted by atomic mass is 19.1. The number of piperazine rings is 1. The first-order valence-corrected chi connectivity index (χ1v) is 10.3. The number of hydrogen-bond donors (Lipinski definition) is 1. The monoisotopic (exact) mass is 421 g/mol. The standard InChI is InChI=1S/C24H24FN3O3/c25-20-8-6-19(7-9-20)21-10-11-22(31-21)24(30)28-14-12-27(13-15-28)17-23(29)26-16-18-4-2-1-3-5-18/h1-11H,12-17H2,(H,26,29). The first-order valence-electron chi connectivity index (χ1n) is 10.3. The quantitative estimate of drug-likeness (QED) is 0.664. The van der Waals surface area contributed by atoms with Gasteiger partial charge in [-0.25, -0.2) is 4.39 Å². The second kappa shape index (κ2) is 9.57. The molecule has 0 unspecified atom stereocenters. The lowest BCUT2D eigenvalue weighted by atomic mass is 10.2. The van der Waals surface area contributed by atoms with Crippen LogP contribution in [0.1, 0.15) is 16.1 Å². The molecule has 1 N–H and O–H groups in total. The number of amides is 2. The smallest absolute Gasteiger partial charge is 0.289 e. The average Bonchev–Trinajstić information content (AvgIpc) is 3.29. The fourth-order valence-corrected chi connectivity index (χ4v) is 3.54. The Labute approximate surface area is 180 Å². The summed E-state index contributed by atoms with van der Waals surface area (Å²) in [4.78, 5) is 28.7. The predicted molar refractivity (Wildman–Crippen MR) is 115 cm³/mol. The Morgan fingerprint density at radius 2 is 1.61 bits per heavy atom. The molecule has 0 atom stereocenters. The van der Waals surface area contributed by atoms with Gasteiger partial charge in [-0.05, 0) is 42.0 Å². The number of carbonyl (C=O) groups excluding carboxylic acids is 2. The number of furan rings is 1. The van der Waals surface area contributed by atoms with Gasteiger partial charge in [0.2, 0.25) is 5.91 Å². The normalized spacial score (nSPS) is 14.4. The summed E-state index contributed by atoms with van der Waals surface area (Å²) >= 11 is 0. The van der Waals surface area contributed by atoms with Crippen molar-refractivity contribution in [2.45, 2.75) is 6.54 Å². The predicted octanol–water partition coefficient (Wildman–Crippen LogP) is 3.16. The van der Waals surface area contributed by atoms with Crippen molar-refractivity contribution in [1.82, 2.24) is 15.1 Å². The van der Waals surface area contributed by atoms with Crippen molar-refractivity contribution in [2.75, 3.05) is 32.7 Å². The minimum atomic E-state index is -0.321. The third kappa shape index (κ3) is 5.38. The molecule has 0 bridgehead atoms. The maximum Gasteiger partial charge on any atom is 0.289 e.